The van der Waals surface area contributed by atoms with Crippen LogP contribution in [-0.2, 0) is 4.79 Å². The first-order chi connectivity index (χ1) is 29.1. The van der Waals surface area contributed by atoms with Crippen molar-refractivity contribution in [2.75, 3.05) is 6.61 Å². The van der Waals surface area contributed by atoms with Gasteiger partial charge in [-0.3, -0.25) is 4.79 Å². The molecule has 0 rings (SSSR count). The van der Waals surface area contributed by atoms with Crippen LogP contribution in [0, 0.1) is 0 Å². The third-order valence-corrected chi connectivity index (χ3v) is 11.9. The van der Waals surface area contributed by atoms with Crippen LogP contribution in [-0.4, -0.2) is 46.1 Å². The number of nitrogens with one attached hydrogen (secondary N) is 1. The molecule has 0 aromatic rings. The Labute approximate surface area is 367 Å². The summed E-state index contributed by atoms with van der Waals surface area (Å²) in [6.07, 6.45) is 64.5. The molecule has 0 aliphatic heterocycles. The number of hydrogen-bond donors (Lipinski definition) is 4. The van der Waals surface area contributed by atoms with Crippen LogP contribution < -0.4 is 5.32 Å². The van der Waals surface area contributed by atoms with E-state index in [2.05, 4.69) is 55.6 Å². The summed E-state index contributed by atoms with van der Waals surface area (Å²) in [4.78, 5) is 12.5. The molecular weight excluding hydrogens is 727 g/mol. The van der Waals surface area contributed by atoms with Gasteiger partial charge in [0.15, 0.2) is 0 Å². The largest absolute Gasteiger partial charge is 0.394 e. The normalized spacial score (nSPS) is 13.8. The Balaban J connectivity index is 3.65. The van der Waals surface area contributed by atoms with Gasteiger partial charge in [-0.1, -0.05) is 249 Å². The van der Waals surface area contributed by atoms with Gasteiger partial charge in [0.2, 0.25) is 5.91 Å². The summed E-state index contributed by atoms with van der Waals surface area (Å²) >= 11 is 0. The van der Waals surface area contributed by atoms with Gasteiger partial charge in [-0.15, -0.1) is 0 Å². The van der Waals surface area contributed by atoms with E-state index in [9.17, 15) is 20.1 Å². The lowest BCUT2D eigenvalue weighted by Crippen LogP contribution is -2.48. The van der Waals surface area contributed by atoms with Gasteiger partial charge < -0.3 is 20.6 Å². The topological polar surface area (TPSA) is 89.8 Å². The Morgan fingerprint density at radius 3 is 1.14 bits per heavy atom. The minimum Gasteiger partial charge on any atom is -0.394 e. The molecule has 0 bridgehead atoms. The standard InChI is InChI=1S/C54H101NO4/c1-3-5-7-9-11-13-15-17-19-21-23-24-25-26-27-28-29-31-33-35-37-39-41-43-45-47-49-53(58)54(59)55-51(50-56)52(57)48-46-44-42-40-38-36-34-32-30-22-20-18-16-14-12-10-8-6-4-2/h23-24,26-27,38,40,46,48,51-53,56-58H,3-22,25,28-37,39,41-45,47,49-50H2,1-2H3,(H,55,59)/b24-23-,27-26-,40-38+,48-46+. The van der Waals surface area contributed by atoms with E-state index < -0.39 is 24.2 Å². The molecule has 0 saturated carbocycles. The number of aliphatic hydroxyl groups excluding tert-OH is 3. The summed E-state index contributed by atoms with van der Waals surface area (Å²) in [5.74, 6) is -0.514. The van der Waals surface area contributed by atoms with Crippen LogP contribution >= 0.6 is 0 Å². The molecule has 0 heterocycles. The second-order valence-corrected chi connectivity index (χ2v) is 17.7. The number of amides is 1. The molecule has 1 amide bonds. The van der Waals surface area contributed by atoms with Crippen LogP contribution in [0.1, 0.15) is 264 Å². The number of allylic oxidation sites excluding steroid dienone is 7. The lowest BCUT2D eigenvalue weighted by atomic mass is 10.0. The van der Waals surface area contributed by atoms with Gasteiger partial charge >= 0.3 is 0 Å². The van der Waals surface area contributed by atoms with Gasteiger partial charge in [-0.05, 0) is 64.2 Å². The molecule has 0 aromatic heterocycles. The highest BCUT2D eigenvalue weighted by atomic mass is 16.3. The Kier molecular flexibility index (Phi) is 47.6. The number of unbranched alkanes of at least 4 members (excludes halogenated alkanes) is 33. The maximum Gasteiger partial charge on any atom is 0.249 e. The second-order valence-electron chi connectivity index (χ2n) is 17.7. The molecule has 0 aliphatic rings. The summed E-state index contributed by atoms with van der Waals surface area (Å²) in [6.45, 7) is 4.19. The first kappa shape index (κ1) is 57.3. The van der Waals surface area contributed by atoms with Gasteiger partial charge in [-0.25, -0.2) is 0 Å². The highest BCUT2D eigenvalue weighted by Crippen LogP contribution is 2.16. The van der Waals surface area contributed by atoms with Crippen molar-refractivity contribution >= 4 is 5.91 Å². The van der Waals surface area contributed by atoms with Gasteiger partial charge in [-0.2, -0.15) is 0 Å². The predicted molar refractivity (Wildman–Crippen MR) is 259 cm³/mol. The number of hydrogen-bond acceptors (Lipinski definition) is 4. The van der Waals surface area contributed by atoms with Crippen molar-refractivity contribution in [1.82, 2.24) is 5.32 Å². The molecule has 3 unspecified atom stereocenters. The smallest absolute Gasteiger partial charge is 0.249 e. The Hall–Kier alpha value is -1.69. The minimum atomic E-state index is -1.11. The van der Waals surface area contributed by atoms with E-state index in [0.29, 0.717) is 6.42 Å². The Morgan fingerprint density at radius 2 is 0.746 bits per heavy atom. The molecule has 0 saturated heterocycles. The molecule has 3 atom stereocenters. The van der Waals surface area contributed by atoms with E-state index >= 15 is 0 Å². The second kappa shape index (κ2) is 49.0. The summed E-state index contributed by atoms with van der Waals surface area (Å²) in [5, 5.41) is 33.3. The van der Waals surface area contributed by atoms with E-state index in [4.69, 9.17) is 0 Å². The van der Waals surface area contributed by atoms with E-state index in [0.717, 1.165) is 44.9 Å². The van der Waals surface area contributed by atoms with Crippen molar-refractivity contribution in [3.05, 3.63) is 48.6 Å². The zero-order chi connectivity index (χ0) is 43.0. The number of carbonyl (C=O) groups is 1. The molecule has 0 aliphatic carbocycles. The quantitative estimate of drug-likeness (QED) is 0.0363. The molecule has 5 nitrogen and oxygen atoms in total. The van der Waals surface area contributed by atoms with Crippen molar-refractivity contribution in [1.29, 1.82) is 0 Å². The van der Waals surface area contributed by atoms with Crippen molar-refractivity contribution < 1.29 is 20.1 Å². The zero-order valence-corrected chi connectivity index (χ0v) is 39.4. The maximum absolute atomic E-state index is 12.5. The van der Waals surface area contributed by atoms with Crippen molar-refractivity contribution in [2.45, 2.75) is 283 Å². The van der Waals surface area contributed by atoms with Crippen LogP contribution in [0.4, 0.5) is 0 Å². The molecule has 5 heteroatoms. The molecular formula is C54H101NO4. The summed E-state index contributed by atoms with van der Waals surface area (Å²) in [6, 6.07) is -0.817. The number of rotatable bonds is 47. The molecule has 0 spiro atoms. The van der Waals surface area contributed by atoms with E-state index in [1.54, 1.807) is 6.08 Å². The third kappa shape index (κ3) is 44.2. The molecule has 0 aromatic carbocycles. The van der Waals surface area contributed by atoms with Crippen molar-refractivity contribution in [2.24, 2.45) is 0 Å². The molecule has 346 valence electrons. The predicted octanol–water partition coefficient (Wildman–Crippen LogP) is 15.7. The van der Waals surface area contributed by atoms with Crippen LogP contribution in [0.5, 0.6) is 0 Å². The molecule has 0 radical (unpaired) electrons. The van der Waals surface area contributed by atoms with Gasteiger partial charge in [0, 0.05) is 0 Å². The van der Waals surface area contributed by atoms with Gasteiger partial charge in [0.25, 0.3) is 0 Å². The number of carbonyl (C=O) groups excluding carboxylic acids is 1. The third-order valence-electron chi connectivity index (χ3n) is 11.9. The van der Waals surface area contributed by atoms with Crippen LogP contribution in [0.2, 0.25) is 0 Å². The first-order valence-electron chi connectivity index (χ1n) is 26.0. The lowest BCUT2D eigenvalue weighted by molar-refractivity contribution is -0.131. The van der Waals surface area contributed by atoms with Crippen LogP contribution in [0.15, 0.2) is 48.6 Å². The summed E-state index contributed by atoms with van der Waals surface area (Å²) in [7, 11) is 0. The minimum absolute atomic E-state index is 0.378. The monoisotopic (exact) mass is 828 g/mol. The fraction of sp³-hybridized carbons (Fsp3) is 0.833. The fourth-order valence-electron chi connectivity index (χ4n) is 7.82. The highest BCUT2D eigenvalue weighted by molar-refractivity contribution is 5.80. The van der Waals surface area contributed by atoms with E-state index in [-0.39, 0.29) is 6.61 Å². The molecule has 59 heavy (non-hydrogen) atoms. The summed E-state index contributed by atoms with van der Waals surface area (Å²) in [5.41, 5.74) is 0. The number of aliphatic hydroxyl groups is 3. The summed E-state index contributed by atoms with van der Waals surface area (Å²) < 4.78 is 0. The highest BCUT2D eigenvalue weighted by Gasteiger charge is 2.22. The van der Waals surface area contributed by atoms with Crippen LogP contribution in [0.3, 0.4) is 0 Å². The molecule has 0 fully saturated rings. The van der Waals surface area contributed by atoms with Gasteiger partial charge in [0.05, 0.1) is 18.8 Å². The first-order valence-corrected chi connectivity index (χ1v) is 26.0. The average Bonchev–Trinajstić information content (AvgIpc) is 3.24. The van der Waals surface area contributed by atoms with E-state index in [1.807, 2.05) is 6.08 Å². The Morgan fingerprint density at radius 1 is 0.424 bits per heavy atom. The van der Waals surface area contributed by atoms with E-state index in [1.165, 1.54) is 199 Å². The van der Waals surface area contributed by atoms with Gasteiger partial charge in [0.1, 0.15) is 6.10 Å². The fourth-order valence-corrected chi connectivity index (χ4v) is 7.82. The SMILES string of the molecule is CCCCCCCCCCC/C=C\C/C=C\CCCCCCCCCCCCC(O)C(=O)NC(CO)C(O)/C=C/CC/C=C/CCCCCCCCCCCCCCC. The average molecular weight is 828 g/mol. The van der Waals surface area contributed by atoms with Crippen molar-refractivity contribution in [3.8, 4) is 0 Å². The molecule has 4 N–H and O–H groups in total. The Bertz CT molecular complexity index is 958. The zero-order valence-electron chi connectivity index (χ0n) is 39.4. The van der Waals surface area contributed by atoms with Crippen molar-refractivity contribution in [3.63, 3.8) is 0 Å². The maximum atomic E-state index is 12.5. The van der Waals surface area contributed by atoms with Crippen LogP contribution in [0.25, 0.3) is 0 Å². The lowest BCUT2D eigenvalue weighted by Gasteiger charge is -2.21.